The third-order valence-corrected chi connectivity index (χ3v) is 5.89. The average molecular weight is 511 g/mol. The summed E-state index contributed by atoms with van der Waals surface area (Å²) in [6.07, 6.45) is 2.44. The van der Waals surface area contributed by atoms with Crippen LogP contribution < -0.4 is 0 Å². The molecular weight excluding hydrogens is 480 g/mol. The summed E-state index contributed by atoms with van der Waals surface area (Å²) in [6.45, 7) is 5.39. The maximum absolute atomic E-state index is 12.6. The maximum atomic E-state index is 12.6. The van der Waals surface area contributed by atoms with Crippen LogP contribution in [0.1, 0.15) is 11.1 Å². The van der Waals surface area contributed by atoms with Gasteiger partial charge in [0, 0.05) is 12.8 Å². The highest BCUT2D eigenvalue weighted by molar-refractivity contribution is 6.69. The van der Waals surface area contributed by atoms with Crippen molar-refractivity contribution in [3.05, 3.63) is 71.8 Å². The molecular formula is C26H30N2O7Si. The molecule has 2 rings (SSSR count). The lowest BCUT2D eigenvalue weighted by molar-refractivity contribution is -0.153. The topological polar surface area (TPSA) is 121 Å². The van der Waals surface area contributed by atoms with Gasteiger partial charge in [-0.2, -0.15) is 9.98 Å². The maximum Gasteiger partial charge on any atom is 0.332 e. The zero-order chi connectivity index (χ0) is 26.4. The fraction of sp³-hybridized carbons (Fsp3) is 0.385. The Hall–Kier alpha value is -3.68. The normalized spacial score (nSPS) is 13.3. The molecule has 9 nitrogen and oxygen atoms in total. The fourth-order valence-corrected chi connectivity index (χ4v) is 4.46. The Morgan fingerprint density at radius 3 is 1.47 bits per heavy atom. The minimum absolute atomic E-state index is 0.175. The number of hydrogen-bond donors (Lipinski definition) is 0. The molecule has 2 unspecified atom stereocenters. The van der Waals surface area contributed by atoms with Gasteiger partial charge in [-0.1, -0.05) is 60.7 Å². The molecule has 2 atom stereocenters. The number of nitrogens with zero attached hydrogens (tertiary/aromatic N) is 2. The predicted octanol–water partition coefficient (Wildman–Crippen LogP) is 3.19. The summed E-state index contributed by atoms with van der Waals surface area (Å²) < 4.78 is 16.8. The van der Waals surface area contributed by atoms with Crippen molar-refractivity contribution in [2.45, 2.75) is 50.7 Å². The molecule has 0 aliphatic carbocycles. The molecule has 0 saturated heterocycles. The van der Waals surface area contributed by atoms with E-state index in [0.29, 0.717) is 0 Å². The van der Waals surface area contributed by atoms with Gasteiger partial charge < -0.3 is 13.9 Å². The van der Waals surface area contributed by atoms with Crippen LogP contribution in [0.5, 0.6) is 0 Å². The molecule has 10 heteroatoms. The van der Waals surface area contributed by atoms with Gasteiger partial charge >= 0.3 is 11.9 Å². The largest absolute Gasteiger partial charge is 0.461 e. The molecule has 0 N–H and O–H groups in total. The summed E-state index contributed by atoms with van der Waals surface area (Å²) in [5.74, 6) is -1.43. The number of ether oxygens (including phenoxy) is 2. The number of isocyanates is 2. The molecule has 0 saturated carbocycles. The van der Waals surface area contributed by atoms with Gasteiger partial charge in [-0.05, 0) is 30.8 Å². The molecule has 0 fully saturated rings. The van der Waals surface area contributed by atoms with E-state index in [1.165, 1.54) is 12.2 Å². The highest BCUT2D eigenvalue weighted by Gasteiger charge is 2.28. The second-order valence-corrected chi connectivity index (χ2v) is 13.4. The molecule has 190 valence electrons. The van der Waals surface area contributed by atoms with E-state index in [2.05, 4.69) is 9.98 Å². The molecule has 0 aliphatic heterocycles. The summed E-state index contributed by atoms with van der Waals surface area (Å²) in [4.78, 5) is 54.1. The average Bonchev–Trinajstić information content (AvgIpc) is 2.85. The van der Waals surface area contributed by atoms with Crippen LogP contribution in [0.25, 0.3) is 0 Å². The van der Waals surface area contributed by atoms with Crippen molar-refractivity contribution in [1.82, 2.24) is 0 Å². The van der Waals surface area contributed by atoms with Crippen molar-refractivity contribution in [2.75, 3.05) is 13.2 Å². The lowest BCUT2D eigenvalue weighted by Crippen LogP contribution is -2.40. The fourth-order valence-electron chi connectivity index (χ4n) is 3.32. The van der Waals surface area contributed by atoms with Crippen LogP contribution in [0.15, 0.2) is 70.6 Å². The number of hydrogen-bond acceptors (Lipinski definition) is 9. The van der Waals surface area contributed by atoms with E-state index in [0.717, 1.165) is 11.1 Å². The van der Waals surface area contributed by atoms with Crippen molar-refractivity contribution in [2.24, 2.45) is 9.98 Å². The van der Waals surface area contributed by atoms with E-state index < -0.39 is 38.4 Å². The van der Waals surface area contributed by atoms with E-state index in [-0.39, 0.29) is 26.1 Å². The van der Waals surface area contributed by atoms with Gasteiger partial charge in [0.25, 0.3) is 0 Å². The molecule has 0 aromatic heterocycles. The van der Waals surface area contributed by atoms with Crippen LogP contribution >= 0.6 is 0 Å². The van der Waals surface area contributed by atoms with Gasteiger partial charge in [0.05, 0.1) is 0 Å². The van der Waals surface area contributed by atoms with Crippen LogP contribution in [0, 0.1) is 0 Å². The van der Waals surface area contributed by atoms with Gasteiger partial charge in [0.2, 0.25) is 12.2 Å². The lowest BCUT2D eigenvalue weighted by Gasteiger charge is -2.26. The molecule has 2 aromatic rings. The van der Waals surface area contributed by atoms with E-state index in [1.807, 2.05) is 80.3 Å². The third kappa shape index (κ3) is 10.7. The van der Waals surface area contributed by atoms with Crippen molar-refractivity contribution in [1.29, 1.82) is 0 Å². The van der Waals surface area contributed by atoms with E-state index in [4.69, 9.17) is 13.9 Å². The zero-order valence-corrected chi connectivity index (χ0v) is 21.6. The highest BCUT2D eigenvalue weighted by Crippen LogP contribution is 2.13. The molecule has 36 heavy (non-hydrogen) atoms. The molecule has 0 bridgehead atoms. The molecule has 2 aromatic carbocycles. The lowest BCUT2D eigenvalue weighted by atomic mass is 10.1. The van der Waals surface area contributed by atoms with Gasteiger partial charge in [-0.25, -0.2) is 19.2 Å². The number of rotatable bonds is 14. The molecule has 0 heterocycles. The van der Waals surface area contributed by atoms with Gasteiger partial charge in [0.1, 0.15) is 19.3 Å². The van der Waals surface area contributed by atoms with Crippen LogP contribution in [-0.4, -0.2) is 63.8 Å². The quantitative estimate of drug-likeness (QED) is 0.166. The Morgan fingerprint density at radius 2 is 1.14 bits per heavy atom. The summed E-state index contributed by atoms with van der Waals surface area (Å²) >= 11 is 0. The first-order chi connectivity index (χ1) is 17.2. The number of carbonyl (C=O) groups excluding carboxylic acids is 4. The summed E-state index contributed by atoms with van der Waals surface area (Å²) in [7, 11) is -2.13. The van der Waals surface area contributed by atoms with Crippen molar-refractivity contribution < 1.29 is 33.1 Å². The number of aliphatic imine (C=N–C) groups is 2. The second kappa shape index (κ2) is 14.7. The third-order valence-electron chi connectivity index (χ3n) is 4.85. The van der Waals surface area contributed by atoms with Crippen molar-refractivity contribution >= 4 is 32.4 Å². The standard InChI is InChI=1S/C26H30N2O7Si/c1-36(2,3)35-22(16-33-25(31)23(27-18-29)14-20-10-6-4-7-11-20)17-34-26(32)24(28-19-30)15-21-12-8-5-9-13-21/h4-13,22-24H,14-17H2,1-3H3. The Morgan fingerprint density at radius 1 is 0.750 bits per heavy atom. The zero-order valence-electron chi connectivity index (χ0n) is 20.6. The van der Waals surface area contributed by atoms with Crippen LogP contribution in [0.4, 0.5) is 0 Å². The SMILES string of the molecule is C[Si](C)(C)OC(COC(=O)C(Cc1ccccc1)N=C=O)COC(=O)C(Cc1ccccc1)N=C=O. The van der Waals surface area contributed by atoms with Crippen molar-refractivity contribution in [3.63, 3.8) is 0 Å². The van der Waals surface area contributed by atoms with E-state index >= 15 is 0 Å². The number of benzene rings is 2. The molecule has 0 spiro atoms. The first-order valence-electron chi connectivity index (χ1n) is 11.4. The molecule has 0 amide bonds. The van der Waals surface area contributed by atoms with Crippen LogP contribution in [0.3, 0.4) is 0 Å². The van der Waals surface area contributed by atoms with Gasteiger partial charge in [0.15, 0.2) is 20.4 Å². The van der Waals surface area contributed by atoms with Gasteiger partial charge in [-0.3, -0.25) is 0 Å². The van der Waals surface area contributed by atoms with Gasteiger partial charge in [-0.15, -0.1) is 0 Å². The molecule has 0 aliphatic rings. The number of carbonyl (C=O) groups is 2. The summed E-state index contributed by atoms with van der Waals surface area (Å²) in [5, 5.41) is 0. The predicted molar refractivity (Wildman–Crippen MR) is 134 cm³/mol. The smallest absolute Gasteiger partial charge is 0.332 e. The van der Waals surface area contributed by atoms with Crippen molar-refractivity contribution in [3.8, 4) is 0 Å². The Bertz CT molecular complexity index is 997. The number of esters is 2. The highest BCUT2D eigenvalue weighted by atomic mass is 28.4. The minimum atomic E-state index is -2.13. The van der Waals surface area contributed by atoms with Crippen LogP contribution in [0.2, 0.25) is 19.6 Å². The second-order valence-electron chi connectivity index (χ2n) is 8.96. The molecule has 0 radical (unpaired) electrons. The monoisotopic (exact) mass is 510 g/mol. The first kappa shape index (κ1) is 28.6. The summed E-state index contributed by atoms with van der Waals surface area (Å²) in [5.41, 5.74) is 1.62. The Labute approximate surface area is 211 Å². The Balaban J connectivity index is 2.01. The summed E-state index contributed by atoms with van der Waals surface area (Å²) in [6, 6.07) is 16.1. The Kier molecular flexibility index (Phi) is 11.6. The van der Waals surface area contributed by atoms with E-state index in [9.17, 15) is 19.2 Å². The minimum Gasteiger partial charge on any atom is -0.461 e. The van der Waals surface area contributed by atoms with Crippen LogP contribution in [-0.2, 0) is 45.9 Å². The van der Waals surface area contributed by atoms with E-state index in [1.54, 1.807) is 0 Å². The first-order valence-corrected chi connectivity index (χ1v) is 14.9.